The van der Waals surface area contributed by atoms with Crippen molar-refractivity contribution in [1.29, 1.82) is 0 Å². The lowest BCUT2D eigenvalue weighted by Crippen LogP contribution is -2.30. The predicted octanol–water partition coefficient (Wildman–Crippen LogP) is 2.95. The average Bonchev–Trinajstić information content (AvgIpc) is 2.50. The third-order valence-corrected chi connectivity index (χ3v) is 3.12. The highest BCUT2D eigenvalue weighted by Crippen LogP contribution is 2.11. The molecule has 0 bridgehead atoms. The van der Waals surface area contributed by atoms with Gasteiger partial charge in [-0.15, -0.1) is 0 Å². The van der Waals surface area contributed by atoms with Crippen molar-refractivity contribution >= 4 is 11.7 Å². The molecule has 2 amide bonds. The first-order chi connectivity index (χ1) is 10.1. The fourth-order valence-electron chi connectivity index (χ4n) is 1.88. The number of amides is 2. The van der Waals surface area contributed by atoms with E-state index in [0.717, 1.165) is 11.1 Å². The molecule has 0 spiro atoms. The summed E-state index contributed by atoms with van der Waals surface area (Å²) in [5.74, 6) is -0.286. The second-order valence-electron chi connectivity index (χ2n) is 4.81. The van der Waals surface area contributed by atoms with Crippen LogP contribution in [-0.2, 0) is 13.1 Å². The molecule has 0 aromatic heterocycles. The Morgan fingerprint density at radius 2 is 1.67 bits per heavy atom. The number of rotatable bonds is 4. The van der Waals surface area contributed by atoms with Crippen LogP contribution in [0.25, 0.3) is 0 Å². The summed E-state index contributed by atoms with van der Waals surface area (Å²) >= 11 is 0. The normalized spacial score (nSPS) is 10.2. The zero-order chi connectivity index (χ0) is 15.2. The molecule has 4 nitrogen and oxygen atoms in total. The predicted molar refractivity (Wildman–Crippen MR) is 81.2 cm³/mol. The highest BCUT2D eigenvalue weighted by Gasteiger charge is 2.09. The van der Waals surface area contributed by atoms with Gasteiger partial charge < -0.3 is 16.0 Å². The van der Waals surface area contributed by atoms with Crippen molar-refractivity contribution in [2.24, 2.45) is 5.73 Å². The minimum Gasteiger partial charge on any atom is -0.326 e. The van der Waals surface area contributed by atoms with E-state index in [1.165, 1.54) is 17.0 Å². The summed E-state index contributed by atoms with van der Waals surface area (Å²) in [6.07, 6.45) is 0. The molecule has 0 aliphatic rings. The van der Waals surface area contributed by atoms with Gasteiger partial charge in [0.2, 0.25) is 0 Å². The molecule has 0 fully saturated rings. The van der Waals surface area contributed by atoms with E-state index in [2.05, 4.69) is 5.32 Å². The lowest BCUT2D eigenvalue weighted by Gasteiger charge is -2.18. The summed E-state index contributed by atoms with van der Waals surface area (Å²) in [4.78, 5) is 13.6. The summed E-state index contributed by atoms with van der Waals surface area (Å²) in [5, 5.41) is 2.80. The highest BCUT2D eigenvalue weighted by atomic mass is 19.1. The van der Waals surface area contributed by atoms with Gasteiger partial charge in [-0.25, -0.2) is 9.18 Å². The Bertz CT molecular complexity index is 596. The summed E-state index contributed by atoms with van der Waals surface area (Å²) in [7, 11) is 1.69. The topological polar surface area (TPSA) is 58.4 Å². The van der Waals surface area contributed by atoms with Crippen molar-refractivity contribution in [3.05, 3.63) is 65.5 Å². The van der Waals surface area contributed by atoms with E-state index in [0.29, 0.717) is 18.8 Å². The number of urea groups is 1. The van der Waals surface area contributed by atoms with Crippen LogP contribution in [-0.4, -0.2) is 18.0 Å². The van der Waals surface area contributed by atoms with Crippen molar-refractivity contribution in [2.45, 2.75) is 13.1 Å². The number of halogens is 1. The lowest BCUT2D eigenvalue weighted by molar-refractivity contribution is 0.220. The molecular weight excluding hydrogens is 269 g/mol. The number of carbonyl (C=O) groups excluding carboxylic acids is 1. The van der Waals surface area contributed by atoms with Gasteiger partial charge in [-0.05, 0) is 35.4 Å². The summed E-state index contributed by atoms with van der Waals surface area (Å²) in [6.45, 7) is 0.881. The van der Waals surface area contributed by atoms with E-state index in [1.807, 2.05) is 24.3 Å². The Morgan fingerprint density at radius 3 is 2.24 bits per heavy atom. The molecule has 5 heteroatoms. The van der Waals surface area contributed by atoms with E-state index >= 15 is 0 Å². The van der Waals surface area contributed by atoms with E-state index in [1.54, 1.807) is 19.2 Å². The van der Waals surface area contributed by atoms with Crippen LogP contribution in [0.15, 0.2) is 48.5 Å². The van der Waals surface area contributed by atoms with Crippen molar-refractivity contribution in [2.75, 3.05) is 12.4 Å². The molecule has 2 aromatic rings. The van der Waals surface area contributed by atoms with Gasteiger partial charge in [0.15, 0.2) is 0 Å². The van der Waals surface area contributed by atoms with Gasteiger partial charge in [0.05, 0.1) is 0 Å². The standard InChI is InChI=1S/C16H18FN3O/c1-20(11-13-2-6-14(17)7-3-13)16(21)19-15-8-4-12(10-18)5-9-15/h2-9H,10-11,18H2,1H3,(H,19,21). The Labute approximate surface area is 123 Å². The van der Waals surface area contributed by atoms with Crippen LogP contribution >= 0.6 is 0 Å². The van der Waals surface area contributed by atoms with Crippen molar-refractivity contribution in [3.8, 4) is 0 Å². The van der Waals surface area contributed by atoms with Crippen LogP contribution in [0.5, 0.6) is 0 Å². The number of nitrogens with zero attached hydrogens (tertiary/aromatic N) is 1. The molecule has 0 aliphatic carbocycles. The van der Waals surface area contributed by atoms with Crippen LogP contribution in [0.4, 0.5) is 14.9 Å². The molecule has 110 valence electrons. The van der Waals surface area contributed by atoms with Crippen LogP contribution in [0.1, 0.15) is 11.1 Å². The van der Waals surface area contributed by atoms with E-state index in [9.17, 15) is 9.18 Å². The second kappa shape index (κ2) is 6.85. The van der Waals surface area contributed by atoms with Gasteiger partial charge in [-0.3, -0.25) is 0 Å². The van der Waals surface area contributed by atoms with E-state index in [-0.39, 0.29) is 11.8 Å². The maximum absolute atomic E-state index is 12.8. The molecule has 0 aliphatic heterocycles. The largest absolute Gasteiger partial charge is 0.326 e. The first-order valence-electron chi connectivity index (χ1n) is 6.64. The Kier molecular flexibility index (Phi) is 4.90. The van der Waals surface area contributed by atoms with Crippen LogP contribution in [0.2, 0.25) is 0 Å². The molecule has 0 unspecified atom stereocenters. The molecule has 3 N–H and O–H groups in total. The summed E-state index contributed by atoms with van der Waals surface area (Å²) in [6, 6.07) is 13.2. The fourth-order valence-corrected chi connectivity index (χ4v) is 1.88. The first kappa shape index (κ1) is 15.0. The number of anilines is 1. The molecule has 0 saturated heterocycles. The first-order valence-corrected chi connectivity index (χ1v) is 6.64. The third-order valence-electron chi connectivity index (χ3n) is 3.12. The Balaban J connectivity index is 1.93. The molecule has 0 heterocycles. The summed E-state index contributed by atoms with van der Waals surface area (Å²) < 4.78 is 12.8. The van der Waals surface area contributed by atoms with E-state index < -0.39 is 0 Å². The zero-order valence-corrected chi connectivity index (χ0v) is 11.8. The van der Waals surface area contributed by atoms with Gasteiger partial charge in [0, 0.05) is 25.8 Å². The molecule has 21 heavy (non-hydrogen) atoms. The van der Waals surface area contributed by atoms with Crippen LogP contribution in [0.3, 0.4) is 0 Å². The minimum absolute atomic E-state index is 0.222. The number of nitrogens with one attached hydrogen (secondary N) is 1. The monoisotopic (exact) mass is 287 g/mol. The number of benzene rings is 2. The van der Waals surface area contributed by atoms with Gasteiger partial charge in [-0.1, -0.05) is 24.3 Å². The van der Waals surface area contributed by atoms with Crippen LogP contribution in [0, 0.1) is 5.82 Å². The number of nitrogens with two attached hydrogens (primary N) is 1. The summed E-state index contributed by atoms with van der Waals surface area (Å²) in [5.41, 5.74) is 8.11. The molecular formula is C16H18FN3O. The van der Waals surface area contributed by atoms with Gasteiger partial charge in [0.25, 0.3) is 0 Å². The third kappa shape index (κ3) is 4.29. The number of hydrogen-bond acceptors (Lipinski definition) is 2. The van der Waals surface area contributed by atoms with Crippen molar-refractivity contribution < 1.29 is 9.18 Å². The van der Waals surface area contributed by atoms with E-state index in [4.69, 9.17) is 5.73 Å². The molecule has 2 rings (SSSR count). The Hall–Kier alpha value is -2.40. The second-order valence-corrected chi connectivity index (χ2v) is 4.81. The highest BCUT2D eigenvalue weighted by molar-refractivity contribution is 5.89. The molecule has 2 aromatic carbocycles. The van der Waals surface area contributed by atoms with Crippen molar-refractivity contribution in [1.82, 2.24) is 4.90 Å². The average molecular weight is 287 g/mol. The quantitative estimate of drug-likeness (QED) is 0.908. The minimum atomic E-state index is -0.286. The lowest BCUT2D eigenvalue weighted by atomic mass is 10.2. The molecule has 0 radical (unpaired) electrons. The number of carbonyl (C=O) groups is 1. The smallest absolute Gasteiger partial charge is 0.321 e. The van der Waals surface area contributed by atoms with Gasteiger partial charge in [-0.2, -0.15) is 0 Å². The zero-order valence-electron chi connectivity index (χ0n) is 11.8. The fraction of sp³-hybridized carbons (Fsp3) is 0.188. The number of hydrogen-bond donors (Lipinski definition) is 2. The molecule has 0 saturated carbocycles. The van der Waals surface area contributed by atoms with Crippen LogP contribution < -0.4 is 11.1 Å². The van der Waals surface area contributed by atoms with Gasteiger partial charge >= 0.3 is 6.03 Å². The molecule has 0 atom stereocenters. The van der Waals surface area contributed by atoms with Gasteiger partial charge in [0.1, 0.15) is 5.82 Å². The Morgan fingerprint density at radius 1 is 1.10 bits per heavy atom. The maximum atomic E-state index is 12.8. The van der Waals surface area contributed by atoms with Crippen molar-refractivity contribution in [3.63, 3.8) is 0 Å². The SMILES string of the molecule is CN(Cc1ccc(F)cc1)C(=O)Nc1ccc(CN)cc1. The maximum Gasteiger partial charge on any atom is 0.321 e.